The Morgan fingerprint density at radius 1 is 1.37 bits per heavy atom. The van der Waals surface area contributed by atoms with E-state index in [1.807, 2.05) is 33.2 Å². The predicted octanol–water partition coefficient (Wildman–Crippen LogP) is 3.76. The van der Waals surface area contributed by atoms with Crippen LogP contribution in [0.3, 0.4) is 0 Å². The summed E-state index contributed by atoms with van der Waals surface area (Å²) in [6.45, 7) is 5.44. The van der Waals surface area contributed by atoms with Crippen LogP contribution in [0.5, 0.6) is 0 Å². The van der Waals surface area contributed by atoms with Crippen LogP contribution in [-0.4, -0.2) is 44.7 Å². The molecule has 0 aromatic carbocycles. The monoisotopic (exact) mass is 427 g/mol. The van der Waals surface area contributed by atoms with E-state index in [2.05, 4.69) is 18.9 Å². The molecule has 1 aliphatic rings. The van der Waals surface area contributed by atoms with Crippen LogP contribution in [0.2, 0.25) is 0 Å². The highest BCUT2D eigenvalue weighted by Crippen LogP contribution is 2.30. The Labute approximate surface area is 174 Å². The van der Waals surface area contributed by atoms with E-state index in [9.17, 15) is 4.79 Å². The molecule has 3 aromatic heterocycles. The molecule has 9 heteroatoms. The van der Waals surface area contributed by atoms with Crippen LogP contribution in [0.1, 0.15) is 36.7 Å². The number of carbonyl (C=O) groups is 1. The number of thiophene rings is 1. The van der Waals surface area contributed by atoms with Crippen molar-refractivity contribution < 1.29 is 4.79 Å². The summed E-state index contributed by atoms with van der Waals surface area (Å²) in [6.07, 6.45) is 2.60. The summed E-state index contributed by atoms with van der Waals surface area (Å²) in [4.78, 5) is 20.8. The minimum absolute atomic E-state index is 0. The van der Waals surface area contributed by atoms with Crippen molar-refractivity contribution in [2.75, 3.05) is 13.1 Å². The zero-order valence-electron chi connectivity index (χ0n) is 15.2. The van der Waals surface area contributed by atoms with Gasteiger partial charge in [0, 0.05) is 25.2 Å². The summed E-state index contributed by atoms with van der Waals surface area (Å²) in [6, 6.07) is 6.15. The number of likely N-dealkylation sites (tertiary alicyclic amines) is 1. The largest absolute Gasteiger partial charge is 0.337 e. The van der Waals surface area contributed by atoms with Crippen molar-refractivity contribution in [3.05, 3.63) is 35.3 Å². The first-order valence-electron chi connectivity index (χ1n) is 8.51. The summed E-state index contributed by atoms with van der Waals surface area (Å²) >= 11 is 1.62. The summed E-state index contributed by atoms with van der Waals surface area (Å²) in [5, 5.41) is 7.28. The molecule has 4 heterocycles. The van der Waals surface area contributed by atoms with Crippen LogP contribution >= 0.6 is 36.2 Å². The second kappa shape index (κ2) is 8.56. The van der Waals surface area contributed by atoms with Crippen molar-refractivity contribution in [3.63, 3.8) is 0 Å². The van der Waals surface area contributed by atoms with Gasteiger partial charge >= 0.3 is 0 Å². The highest BCUT2D eigenvalue weighted by Gasteiger charge is 2.27. The third-order valence-electron chi connectivity index (χ3n) is 4.57. The molecule has 0 aliphatic carbocycles. The van der Waals surface area contributed by atoms with E-state index in [1.54, 1.807) is 17.5 Å². The maximum Gasteiger partial charge on any atom is 0.254 e. The lowest BCUT2D eigenvalue weighted by Crippen LogP contribution is -2.32. The van der Waals surface area contributed by atoms with Gasteiger partial charge in [0.1, 0.15) is 0 Å². The molecule has 0 bridgehead atoms. The number of fused-ring (bicyclic) bond motifs is 1. The van der Waals surface area contributed by atoms with Gasteiger partial charge in [-0.2, -0.15) is 5.10 Å². The molecular weight excluding hydrogens is 405 g/mol. The minimum atomic E-state index is 0. The van der Waals surface area contributed by atoms with Gasteiger partial charge in [0.2, 0.25) is 0 Å². The number of carbonyl (C=O) groups excluding carboxylic acids is 1. The smallest absolute Gasteiger partial charge is 0.254 e. The van der Waals surface area contributed by atoms with E-state index in [1.165, 1.54) is 0 Å². The summed E-state index contributed by atoms with van der Waals surface area (Å²) in [5.41, 5.74) is 8.22. The first kappa shape index (κ1) is 21.6. The Morgan fingerprint density at radius 2 is 2.15 bits per heavy atom. The average molecular weight is 428 g/mol. The maximum absolute atomic E-state index is 13.1. The molecule has 146 valence electrons. The number of halogens is 2. The molecule has 1 fully saturated rings. The lowest BCUT2D eigenvalue weighted by atomic mass is 10.1. The van der Waals surface area contributed by atoms with E-state index in [-0.39, 0.29) is 42.8 Å². The van der Waals surface area contributed by atoms with Crippen LogP contribution in [0.15, 0.2) is 29.8 Å². The lowest BCUT2D eigenvalue weighted by molar-refractivity contribution is 0.0793. The van der Waals surface area contributed by atoms with Crippen LogP contribution in [-0.2, 0) is 0 Å². The number of hydrogen-bond donors (Lipinski definition) is 1. The molecule has 0 saturated carbocycles. The van der Waals surface area contributed by atoms with E-state index in [0.717, 1.165) is 28.0 Å². The highest BCUT2D eigenvalue weighted by molar-refractivity contribution is 7.13. The molecule has 2 N–H and O–H groups in total. The van der Waals surface area contributed by atoms with Crippen molar-refractivity contribution in [1.82, 2.24) is 19.7 Å². The van der Waals surface area contributed by atoms with Gasteiger partial charge in [0.05, 0.1) is 27.7 Å². The fraction of sp³-hybridized carbons (Fsp3) is 0.389. The molecule has 27 heavy (non-hydrogen) atoms. The number of nitrogens with two attached hydrogens (primary N) is 1. The third-order valence-corrected chi connectivity index (χ3v) is 5.46. The standard InChI is InChI=1S/C18H21N5OS.2ClH/c1-11(2)23-17-14(9-20-23)13(18(24)22-6-5-12(19)10-22)8-15(21-17)16-4-3-7-25-16;;/h3-4,7-9,11-12H,5-6,10,19H2,1-2H3;2*1H/t12-;;/m1../s1. The van der Waals surface area contributed by atoms with Crippen LogP contribution in [0, 0.1) is 0 Å². The Morgan fingerprint density at radius 3 is 2.74 bits per heavy atom. The van der Waals surface area contributed by atoms with Crippen LogP contribution in [0.25, 0.3) is 21.6 Å². The SMILES string of the molecule is CC(C)n1ncc2c(C(=O)N3CC[C@@H](N)C3)cc(-c3cccs3)nc21.Cl.Cl. The van der Waals surface area contributed by atoms with Crippen LogP contribution < -0.4 is 5.73 Å². The summed E-state index contributed by atoms with van der Waals surface area (Å²) in [7, 11) is 0. The van der Waals surface area contributed by atoms with E-state index >= 15 is 0 Å². The molecular formula is C18H23Cl2N5OS. The topological polar surface area (TPSA) is 77.0 Å². The Hall–Kier alpha value is -1.67. The first-order valence-corrected chi connectivity index (χ1v) is 9.39. The van der Waals surface area contributed by atoms with Gasteiger partial charge in [-0.3, -0.25) is 4.79 Å². The van der Waals surface area contributed by atoms with Gasteiger partial charge in [-0.05, 0) is 37.8 Å². The Balaban J connectivity index is 0.00000131. The molecule has 0 radical (unpaired) electrons. The normalized spacial score (nSPS) is 16.4. The number of amides is 1. The Kier molecular flexibility index (Phi) is 6.86. The number of rotatable bonds is 3. The van der Waals surface area contributed by atoms with Crippen molar-refractivity contribution in [2.24, 2.45) is 5.73 Å². The number of pyridine rings is 1. The van der Waals surface area contributed by atoms with Crippen LogP contribution in [0.4, 0.5) is 0 Å². The summed E-state index contributed by atoms with van der Waals surface area (Å²) in [5.74, 6) is 0.0152. The molecule has 1 aliphatic heterocycles. The van der Waals surface area contributed by atoms with Gasteiger partial charge in [-0.15, -0.1) is 36.2 Å². The third kappa shape index (κ3) is 3.96. The first-order chi connectivity index (χ1) is 12.0. The van der Waals surface area contributed by atoms with Gasteiger partial charge in [0.25, 0.3) is 5.91 Å². The predicted molar refractivity (Wildman–Crippen MR) is 114 cm³/mol. The van der Waals surface area contributed by atoms with Crippen molar-refractivity contribution >= 4 is 53.1 Å². The van der Waals surface area contributed by atoms with Crippen molar-refractivity contribution in [3.8, 4) is 10.6 Å². The number of aromatic nitrogens is 3. The zero-order valence-corrected chi connectivity index (χ0v) is 17.6. The molecule has 0 unspecified atom stereocenters. The van der Waals surface area contributed by atoms with Crippen molar-refractivity contribution in [2.45, 2.75) is 32.4 Å². The molecule has 1 amide bonds. The molecule has 1 atom stereocenters. The van der Waals surface area contributed by atoms with Gasteiger partial charge < -0.3 is 10.6 Å². The molecule has 1 saturated heterocycles. The second-order valence-corrected chi connectivity index (χ2v) is 7.70. The number of hydrogen-bond acceptors (Lipinski definition) is 5. The number of nitrogens with zero attached hydrogens (tertiary/aromatic N) is 4. The van der Waals surface area contributed by atoms with Crippen molar-refractivity contribution in [1.29, 1.82) is 0 Å². The van der Waals surface area contributed by atoms with E-state index < -0.39 is 0 Å². The highest BCUT2D eigenvalue weighted by atomic mass is 35.5. The van der Waals surface area contributed by atoms with Gasteiger partial charge in [0.15, 0.2) is 5.65 Å². The molecule has 0 spiro atoms. The fourth-order valence-electron chi connectivity index (χ4n) is 3.27. The Bertz CT molecular complexity index is 925. The second-order valence-electron chi connectivity index (χ2n) is 6.75. The average Bonchev–Trinajstić information content (AvgIpc) is 3.32. The van der Waals surface area contributed by atoms with E-state index in [0.29, 0.717) is 18.7 Å². The zero-order chi connectivity index (χ0) is 17.6. The van der Waals surface area contributed by atoms with Gasteiger partial charge in [-0.25, -0.2) is 9.67 Å². The quantitative estimate of drug-likeness (QED) is 0.689. The lowest BCUT2D eigenvalue weighted by Gasteiger charge is -2.17. The van der Waals surface area contributed by atoms with Gasteiger partial charge in [-0.1, -0.05) is 6.07 Å². The molecule has 3 aromatic rings. The molecule has 4 rings (SSSR count). The fourth-order valence-corrected chi connectivity index (χ4v) is 3.95. The summed E-state index contributed by atoms with van der Waals surface area (Å²) < 4.78 is 1.87. The molecule has 6 nitrogen and oxygen atoms in total. The minimum Gasteiger partial charge on any atom is -0.337 e. The van der Waals surface area contributed by atoms with E-state index in [4.69, 9.17) is 10.7 Å². The maximum atomic E-state index is 13.1.